The van der Waals surface area contributed by atoms with Crippen LogP contribution in [0, 0.1) is 25.6 Å². The number of fused-ring (bicyclic) bond motifs is 1. The maximum Gasteiger partial charge on any atom is 0.306 e. The van der Waals surface area contributed by atoms with Crippen molar-refractivity contribution < 1.29 is 23.0 Å². The van der Waals surface area contributed by atoms with Crippen LogP contribution in [-0.4, -0.2) is 32.5 Å². The molecular weight excluding hydrogens is 569 g/mol. The van der Waals surface area contributed by atoms with Crippen molar-refractivity contribution in [3.05, 3.63) is 98.3 Å². The zero-order valence-corrected chi connectivity index (χ0v) is 24.6. The highest BCUT2D eigenvalue weighted by Gasteiger charge is 2.33. The number of aryl methyl sites for hydroxylation is 2. The zero-order valence-electron chi connectivity index (χ0n) is 22.2. The van der Waals surface area contributed by atoms with E-state index in [9.17, 15) is 18.3 Å². The van der Waals surface area contributed by atoms with E-state index in [4.69, 9.17) is 4.74 Å². The van der Waals surface area contributed by atoms with Crippen molar-refractivity contribution in [3.63, 3.8) is 0 Å². The van der Waals surface area contributed by atoms with Gasteiger partial charge in [-0.1, -0.05) is 47.1 Å². The van der Waals surface area contributed by atoms with Crippen LogP contribution in [0.1, 0.15) is 59.6 Å². The number of nitrogens with zero attached hydrogens (tertiary/aromatic N) is 1. The number of rotatable bonds is 7. The van der Waals surface area contributed by atoms with Crippen LogP contribution in [0.25, 0.3) is 0 Å². The smallest absolute Gasteiger partial charge is 0.306 e. The van der Waals surface area contributed by atoms with Crippen LogP contribution in [-0.2, 0) is 22.5 Å². The zero-order chi connectivity index (χ0) is 27.6. The van der Waals surface area contributed by atoms with Gasteiger partial charge in [0.25, 0.3) is 0 Å². The Hall–Kier alpha value is -2.23. The summed E-state index contributed by atoms with van der Waals surface area (Å²) in [5, 5.41) is 0. The van der Waals surface area contributed by atoms with E-state index in [1.54, 1.807) is 23.4 Å². The van der Waals surface area contributed by atoms with Crippen molar-refractivity contribution in [3.8, 4) is 0 Å². The Morgan fingerprint density at radius 2 is 1.89 bits per heavy atom. The molecule has 0 spiro atoms. The Morgan fingerprint density at radius 3 is 2.61 bits per heavy atom. The van der Waals surface area contributed by atoms with E-state index in [1.165, 1.54) is 12.1 Å². The molecule has 8 heteroatoms. The first-order chi connectivity index (χ1) is 18.0. The van der Waals surface area contributed by atoms with Gasteiger partial charge in [0.1, 0.15) is 5.82 Å². The highest BCUT2D eigenvalue weighted by Crippen LogP contribution is 2.56. The Balaban J connectivity index is 1.72. The SMILES string of the molecule is CCOC(=O)CC(c1ccc(C)c(CN2CC(C)Cc3cc(Br)ccc3S2(O)O)c1)c1ccc(F)cc1C. The Bertz CT molecular complexity index is 1330. The van der Waals surface area contributed by atoms with Gasteiger partial charge < -0.3 is 4.74 Å². The van der Waals surface area contributed by atoms with Crippen LogP contribution in [0.3, 0.4) is 0 Å². The third-order valence-corrected chi connectivity index (χ3v) is 9.65. The van der Waals surface area contributed by atoms with Gasteiger partial charge in [0.2, 0.25) is 0 Å². The normalized spacial score (nSPS) is 18.8. The molecule has 1 heterocycles. The Morgan fingerprint density at radius 1 is 1.13 bits per heavy atom. The summed E-state index contributed by atoms with van der Waals surface area (Å²) >= 11 is 3.51. The molecule has 0 fully saturated rings. The van der Waals surface area contributed by atoms with Crippen molar-refractivity contribution in [1.29, 1.82) is 0 Å². The lowest BCUT2D eigenvalue weighted by Gasteiger charge is -2.43. The van der Waals surface area contributed by atoms with Crippen molar-refractivity contribution in [2.75, 3.05) is 13.2 Å². The van der Waals surface area contributed by atoms with Crippen LogP contribution in [0.2, 0.25) is 0 Å². The van der Waals surface area contributed by atoms with Gasteiger partial charge in [-0.05, 0) is 96.8 Å². The quantitative estimate of drug-likeness (QED) is 0.268. The van der Waals surface area contributed by atoms with Gasteiger partial charge in [-0.2, -0.15) is 4.31 Å². The van der Waals surface area contributed by atoms with Gasteiger partial charge in [0.05, 0.1) is 17.9 Å². The van der Waals surface area contributed by atoms with E-state index in [0.717, 1.165) is 44.3 Å². The number of carbonyl (C=O) groups is 1. The van der Waals surface area contributed by atoms with Gasteiger partial charge in [-0.25, -0.2) is 4.39 Å². The lowest BCUT2D eigenvalue weighted by Crippen LogP contribution is -2.30. The molecule has 0 bridgehead atoms. The first-order valence-electron chi connectivity index (χ1n) is 12.8. The van der Waals surface area contributed by atoms with Crippen molar-refractivity contribution in [2.24, 2.45) is 5.92 Å². The molecule has 204 valence electrons. The molecule has 1 aliphatic rings. The van der Waals surface area contributed by atoms with Gasteiger partial charge in [-0.15, -0.1) is 10.8 Å². The van der Waals surface area contributed by atoms with E-state index < -0.39 is 10.8 Å². The Kier molecular flexibility index (Phi) is 9.00. The topological polar surface area (TPSA) is 70.0 Å². The fraction of sp³-hybridized carbons (Fsp3) is 0.367. The number of hydrogen-bond acceptors (Lipinski definition) is 5. The number of benzene rings is 3. The lowest BCUT2D eigenvalue weighted by molar-refractivity contribution is -0.143. The standard InChI is InChI=1S/C30H35BrFNO4S/c1-5-37-30(34)16-28(27-10-9-26(32)13-21(27)4)22-7-6-20(3)24(14-22)18-33-17-19(2)12-23-15-25(31)8-11-29(23)38(33,35)36/h6-11,13-15,19,28,35-36H,5,12,16-18H2,1-4H3. The lowest BCUT2D eigenvalue weighted by atomic mass is 9.84. The average Bonchev–Trinajstić information content (AvgIpc) is 2.92. The number of hydrogen-bond donors (Lipinski definition) is 2. The highest BCUT2D eigenvalue weighted by molar-refractivity contribution is 9.10. The molecular formula is C30H35BrFNO4S. The molecule has 0 saturated carbocycles. The van der Waals surface area contributed by atoms with Crippen molar-refractivity contribution >= 4 is 32.7 Å². The maximum atomic E-state index is 13.9. The van der Waals surface area contributed by atoms with Crippen LogP contribution in [0.5, 0.6) is 0 Å². The van der Waals surface area contributed by atoms with Gasteiger partial charge in [-0.3, -0.25) is 13.9 Å². The Labute approximate surface area is 234 Å². The molecule has 5 nitrogen and oxygen atoms in total. The van der Waals surface area contributed by atoms with Crippen LogP contribution in [0.4, 0.5) is 4.39 Å². The maximum absolute atomic E-state index is 13.9. The average molecular weight is 605 g/mol. The van der Waals surface area contributed by atoms with E-state index >= 15 is 0 Å². The molecule has 0 saturated heterocycles. The molecule has 2 N–H and O–H groups in total. The van der Waals surface area contributed by atoms with Crippen LogP contribution >= 0.6 is 26.7 Å². The first kappa shape index (κ1) is 28.8. The second-order valence-electron chi connectivity index (χ2n) is 10.2. The summed E-state index contributed by atoms with van der Waals surface area (Å²) in [4.78, 5) is 13.1. The molecule has 38 heavy (non-hydrogen) atoms. The summed E-state index contributed by atoms with van der Waals surface area (Å²) in [6.07, 6.45) is 0.882. The molecule has 0 aromatic heterocycles. The predicted octanol–water partition coefficient (Wildman–Crippen LogP) is 8.01. The molecule has 1 aliphatic heterocycles. The summed E-state index contributed by atoms with van der Waals surface area (Å²) in [6, 6.07) is 16.3. The number of ether oxygens (including phenoxy) is 1. The second-order valence-corrected chi connectivity index (χ2v) is 13.1. The van der Waals surface area contributed by atoms with Crippen LogP contribution < -0.4 is 0 Å². The molecule has 4 rings (SSSR count). The van der Waals surface area contributed by atoms with Gasteiger partial charge in [0.15, 0.2) is 0 Å². The predicted molar refractivity (Wildman–Crippen MR) is 154 cm³/mol. The largest absolute Gasteiger partial charge is 0.466 e. The second kappa shape index (κ2) is 11.9. The summed E-state index contributed by atoms with van der Waals surface area (Å²) in [7, 11) is -3.21. The van der Waals surface area contributed by atoms with Crippen LogP contribution in [0.15, 0.2) is 64.0 Å². The van der Waals surface area contributed by atoms with Crippen molar-refractivity contribution in [1.82, 2.24) is 4.31 Å². The molecule has 0 amide bonds. The summed E-state index contributed by atoms with van der Waals surface area (Å²) < 4.78 is 44.8. The third-order valence-electron chi connectivity index (χ3n) is 7.17. The molecule has 0 aliphatic carbocycles. The fourth-order valence-electron chi connectivity index (χ4n) is 5.25. The molecule has 3 aromatic rings. The third kappa shape index (κ3) is 6.32. The molecule has 3 aromatic carbocycles. The number of carbonyl (C=O) groups excluding carboxylic acids is 1. The van der Waals surface area contributed by atoms with E-state index in [-0.39, 0.29) is 36.7 Å². The minimum absolute atomic E-state index is 0.126. The minimum atomic E-state index is -3.21. The van der Waals surface area contributed by atoms with Gasteiger partial charge >= 0.3 is 5.97 Å². The molecule has 0 radical (unpaired) electrons. The summed E-state index contributed by atoms with van der Waals surface area (Å²) in [6.45, 7) is 8.90. The highest BCUT2D eigenvalue weighted by atomic mass is 79.9. The number of halogens is 2. The number of esters is 1. The fourth-order valence-corrected chi connectivity index (χ4v) is 7.47. The first-order valence-corrected chi connectivity index (χ1v) is 15.1. The van der Waals surface area contributed by atoms with Gasteiger partial charge in [0, 0.05) is 23.5 Å². The summed E-state index contributed by atoms with van der Waals surface area (Å²) in [5.74, 6) is -0.741. The summed E-state index contributed by atoms with van der Waals surface area (Å²) in [5.41, 5.74) is 5.44. The molecule has 2 atom stereocenters. The van der Waals surface area contributed by atoms with Crippen molar-refractivity contribution in [2.45, 2.75) is 57.9 Å². The van der Waals surface area contributed by atoms with E-state index in [1.807, 2.05) is 44.2 Å². The minimum Gasteiger partial charge on any atom is -0.466 e. The molecule has 2 unspecified atom stereocenters. The van der Waals surface area contributed by atoms with E-state index in [0.29, 0.717) is 18.0 Å². The van der Waals surface area contributed by atoms with E-state index in [2.05, 4.69) is 22.9 Å². The monoisotopic (exact) mass is 603 g/mol.